The van der Waals surface area contributed by atoms with E-state index < -0.39 is 36.6 Å². The third-order valence-corrected chi connectivity index (χ3v) is 0. The molecule has 0 aromatic heterocycles. The second kappa shape index (κ2) is 43.7. The first-order valence-electron chi connectivity index (χ1n) is 3.74. The summed E-state index contributed by atoms with van der Waals surface area (Å²) in [5.74, 6) is 0. The molecule has 0 amide bonds. The van der Waals surface area contributed by atoms with Crippen LogP contribution in [-0.4, -0.2) is 81.8 Å². The van der Waals surface area contributed by atoms with Crippen molar-refractivity contribution in [3.05, 3.63) is 0 Å². The molecule has 0 atom stereocenters. The Morgan fingerprint density at radius 2 is 0.348 bits per heavy atom. The van der Waals surface area contributed by atoms with Gasteiger partial charge in [0.25, 0.3) is 0 Å². The Labute approximate surface area is 170 Å². The monoisotopic (exact) mass is 496 g/mol. The first-order chi connectivity index (χ1) is 8.66. The van der Waals surface area contributed by atoms with Crippen molar-refractivity contribution < 1.29 is 134 Å². The van der Waals surface area contributed by atoms with Gasteiger partial charge in [0.15, 0.2) is 0 Å². The molecule has 0 spiro atoms. The summed E-state index contributed by atoms with van der Waals surface area (Å²) in [5.41, 5.74) is 0. The van der Waals surface area contributed by atoms with E-state index in [1.165, 1.54) is 0 Å². The molecule has 0 rings (SSSR count). The van der Waals surface area contributed by atoms with E-state index in [4.69, 9.17) is 75.4 Å². The summed E-state index contributed by atoms with van der Waals surface area (Å²) in [5, 5.41) is 115. The Balaban J connectivity index is -0.0000000197. The molecule has 0 aliphatic carbocycles. The molecule has 23 heteroatoms. The van der Waals surface area contributed by atoms with Gasteiger partial charge in [0, 0.05) is 0 Å². The van der Waals surface area contributed by atoms with Crippen molar-refractivity contribution in [2.24, 2.45) is 0 Å². The van der Waals surface area contributed by atoms with Gasteiger partial charge < -0.3 is 75.4 Å². The Kier molecular flexibility index (Phi) is 94.6. The standard InChI is InChI=1S/3BH3O3.2BO3.3Zn/c5*2-1(3)4;;;/h3*2-4H;;;;;/q;;;2*-3;3*+2. The minimum atomic E-state index is -2.92. The third kappa shape index (κ3) is 4330. The average Bonchev–Trinajstić information content (AvgIpc) is 1.94. The maximum atomic E-state index is 8.42. The summed E-state index contributed by atoms with van der Waals surface area (Å²) >= 11 is 0. The molecule has 9 N–H and O–H groups in total. The molecular weight excluding hydrogens is 490 g/mol. The molecule has 0 aliphatic heterocycles. The van der Waals surface area contributed by atoms with E-state index in [9.17, 15) is 0 Å². The van der Waals surface area contributed by atoms with E-state index in [2.05, 4.69) is 0 Å². The molecule has 0 bridgehead atoms. The van der Waals surface area contributed by atoms with Crippen molar-refractivity contribution in [1.29, 1.82) is 0 Å². The van der Waals surface area contributed by atoms with Crippen LogP contribution in [0.2, 0.25) is 0 Å². The van der Waals surface area contributed by atoms with Crippen LogP contribution in [0.3, 0.4) is 0 Å². The fourth-order valence-electron chi connectivity index (χ4n) is 0. The summed E-state index contributed by atoms with van der Waals surface area (Å²) in [6, 6.07) is 0. The second-order valence-corrected chi connectivity index (χ2v) is 1.62. The van der Waals surface area contributed by atoms with Crippen molar-refractivity contribution in [2.45, 2.75) is 0 Å². The third-order valence-electron chi connectivity index (χ3n) is 0. The number of hydrogen-bond acceptors (Lipinski definition) is 15. The Bertz CT molecular complexity index is 87.7. The molecule has 0 aromatic carbocycles. The van der Waals surface area contributed by atoms with Gasteiger partial charge in [0.2, 0.25) is 0 Å². The van der Waals surface area contributed by atoms with Gasteiger partial charge in [-0.25, -0.2) is 0 Å². The van der Waals surface area contributed by atoms with E-state index in [-0.39, 0.29) is 58.4 Å². The van der Waals surface area contributed by atoms with Crippen molar-refractivity contribution >= 4 is 36.6 Å². The molecule has 0 saturated carbocycles. The van der Waals surface area contributed by atoms with Gasteiger partial charge in [0.05, 0.1) is 0 Å². The second-order valence-electron chi connectivity index (χ2n) is 1.62. The zero-order valence-electron chi connectivity index (χ0n) is 11.5. The minimum Gasteiger partial charge on any atom is -0.907 e. The fourth-order valence-corrected chi connectivity index (χ4v) is 0. The summed E-state index contributed by atoms with van der Waals surface area (Å²) in [7, 11) is -12.3. The molecule has 0 aliphatic rings. The predicted molar refractivity (Wildman–Crippen MR) is 48.7 cm³/mol. The van der Waals surface area contributed by atoms with Crippen LogP contribution < -0.4 is 30.1 Å². The fraction of sp³-hybridized carbons (Fsp3) is 0. The molecule has 0 aromatic rings. The molecule has 0 unspecified atom stereocenters. The van der Waals surface area contributed by atoms with Gasteiger partial charge in [-0.2, -0.15) is 0 Å². The van der Waals surface area contributed by atoms with E-state index >= 15 is 0 Å². The van der Waals surface area contributed by atoms with Crippen molar-refractivity contribution in [3.8, 4) is 0 Å². The normalized spacial score (nSPS) is 5.87. The average molecular weight is 499 g/mol. The summed E-state index contributed by atoms with van der Waals surface area (Å²) in [6.07, 6.45) is 0. The van der Waals surface area contributed by atoms with Crippen molar-refractivity contribution in [2.75, 3.05) is 0 Å². The van der Waals surface area contributed by atoms with Crippen LogP contribution in [-0.2, 0) is 58.4 Å². The zero-order valence-corrected chi connectivity index (χ0v) is 20.4. The molecule has 15 nitrogen and oxygen atoms in total. The summed E-state index contributed by atoms with van der Waals surface area (Å²) in [4.78, 5) is 0. The Morgan fingerprint density at radius 1 is 0.348 bits per heavy atom. The zero-order chi connectivity index (χ0) is 17.9. The largest absolute Gasteiger partial charge is 2.00 e. The van der Waals surface area contributed by atoms with Crippen LogP contribution in [0.1, 0.15) is 0 Å². The molecule has 0 heterocycles. The molecule has 23 heavy (non-hydrogen) atoms. The summed E-state index contributed by atoms with van der Waals surface area (Å²) < 4.78 is 0. The van der Waals surface area contributed by atoms with E-state index in [0.29, 0.717) is 0 Å². The number of hydrogen-bond donors (Lipinski definition) is 9. The molecular formula is H9B5O15Zn3. The van der Waals surface area contributed by atoms with Crippen LogP contribution in [0.4, 0.5) is 0 Å². The SMILES string of the molecule is OB(O)O.OB(O)O.OB(O)O.[O-]B([O-])[O-].[O-]B([O-])[O-].[Zn+2].[Zn+2].[Zn+2]. The molecule has 0 fully saturated rings. The minimum absolute atomic E-state index is 0. The van der Waals surface area contributed by atoms with E-state index in [1.807, 2.05) is 0 Å². The van der Waals surface area contributed by atoms with Crippen molar-refractivity contribution in [1.82, 2.24) is 0 Å². The van der Waals surface area contributed by atoms with Gasteiger partial charge in [0.1, 0.15) is 0 Å². The maximum Gasteiger partial charge on any atom is 2.00 e. The molecule has 120 valence electrons. The van der Waals surface area contributed by atoms with Gasteiger partial charge in [-0.05, 0) is 0 Å². The summed E-state index contributed by atoms with van der Waals surface area (Å²) in [6.45, 7) is 0. The smallest absolute Gasteiger partial charge is 0.907 e. The maximum absolute atomic E-state index is 8.42. The van der Waals surface area contributed by atoms with E-state index in [0.717, 1.165) is 0 Å². The van der Waals surface area contributed by atoms with Crippen LogP contribution >= 0.6 is 0 Å². The quantitative estimate of drug-likeness (QED) is 0.140. The predicted octanol–water partition coefficient (Wildman–Crippen LogP) is -14.1. The Hall–Kier alpha value is 1.59. The van der Waals surface area contributed by atoms with Gasteiger partial charge in [-0.15, -0.1) is 0 Å². The van der Waals surface area contributed by atoms with Crippen LogP contribution in [0.5, 0.6) is 0 Å². The van der Waals surface area contributed by atoms with Crippen molar-refractivity contribution in [3.63, 3.8) is 0 Å². The van der Waals surface area contributed by atoms with Crippen LogP contribution in [0.25, 0.3) is 0 Å². The topological polar surface area (TPSA) is 320 Å². The Morgan fingerprint density at radius 3 is 0.348 bits per heavy atom. The first kappa shape index (κ1) is 49.7. The van der Waals surface area contributed by atoms with E-state index in [1.54, 1.807) is 0 Å². The molecule has 0 radical (unpaired) electrons. The molecule has 0 saturated heterocycles. The van der Waals surface area contributed by atoms with Gasteiger partial charge in [-0.1, -0.05) is 0 Å². The van der Waals surface area contributed by atoms with Gasteiger partial charge >= 0.3 is 80.4 Å². The van der Waals surface area contributed by atoms with Crippen LogP contribution in [0, 0.1) is 0 Å². The van der Waals surface area contributed by atoms with Gasteiger partial charge in [-0.3, -0.25) is 14.6 Å². The van der Waals surface area contributed by atoms with Crippen LogP contribution in [0.15, 0.2) is 0 Å². The first-order valence-corrected chi connectivity index (χ1v) is 3.74. The number of rotatable bonds is 0.